The molecule has 0 atom stereocenters. The average molecular weight is 635 g/mol. The van der Waals surface area contributed by atoms with Crippen LogP contribution < -0.4 is 16.3 Å². The number of hydrogen-bond acceptors (Lipinski definition) is 2. The van der Waals surface area contributed by atoms with Gasteiger partial charge in [-0.05, 0) is 0 Å². The molecule has 4 aromatic carbocycles. The molecule has 0 aliphatic carbocycles. The Bertz CT molecular complexity index is 1500. The van der Waals surface area contributed by atoms with Crippen molar-refractivity contribution in [3.63, 3.8) is 0 Å². The van der Waals surface area contributed by atoms with E-state index in [1.54, 1.807) is 0 Å². The van der Waals surface area contributed by atoms with Gasteiger partial charge >= 0.3 is 265 Å². The zero-order valence-electron chi connectivity index (χ0n) is 28.4. The standard InChI is InChI=1S/C40H50GeO2/c1-37(2,3)27-23-31-32-24-28(38(4,5)6)26-34(40(10,11)12)36(32)43-41(29-19-15-13-16-20-29,30-21-17-14-18-22-30)42-35(31)33(25-27)39(7,8)9/h13-26H,1-12H3. The first-order chi connectivity index (χ1) is 19.8. The van der Waals surface area contributed by atoms with Crippen molar-refractivity contribution in [2.45, 2.75) is 105 Å². The predicted molar refractivity (Wildman–Crippen MR) is 186 cm³/mol. The van der Waals surface area contributed by atoms with E-state index in [9.17, 15) is 0 Å². The Morgan fingerprint density at radius 3 is 1.02 bits per heavy atom. The van der Waals surface area contributed by atoms with E-state index in [0.29, 0.717) is 0 Å². The molecule has 0 aromatic heterocycles. The summed E-state index contributed by atoms with van der Waals surface area (Å²) in [5.74, 6) is 1.94. The van der Waals surface area contributed by atoms with E-state index >= 15 is 0 Å². The van der Waals surface area contributed by atoms with E-state index in [1.807, 2.05) is 0 Å². The van der Waals surface area contributed by atoms with Crippen LogP contribution in [0.25, 0.3) is 11.1 Å². The van der Waals surface area contributed by atoms with Gasteiger partial charge in [0.2, 0.25) is 0 Å². The summed E-state index contributed by atoms with van der Waals surface area (Å²) in [5.41, 5.74) is 7.00. The normalized spacial score (nSPS) is 15.1. The van der Waals surface area contributed by atoms with Crippen LogP contribution in [0.4, 0.5) is 0 Å². The van der Waals surface area contributed by atoms with Crippen LogP contribution in [0.15, 0.2) is 84.9 Å². The maximum absolute atomic E-state index is 7.68. The van der Waals surface area contributed by atoms with Gasteiger partial charge in [0, 0.05) is 0 Å². The Labute approximate surface area is 263 Å². The maximum atomic E-state index is 7.68. The molecule has 0 bridgehead atoms. The first kappa shape index (κ1) is 31.4. The van der Waals surface area contributed by atoms with E-state index in [1.165, 1.54) is 22.3 Å². The molecule has 0 spiro atoms. The van der Waals surface area contributed by atoms with Crippen molar-refractivity contribution in [2.24, 2.45) is 0 Å². The van der Waals surface area contributed by atoms with Crippen LogP contribution >= 0.6 is 0 Å². The van der Waals surface area contributed by atoms with Gasteiger partial charge in [0.1, 0.15) is 0 Å². The molecule has 1 heterocycles. The van der Waals surface area contributed by atoms with Gasteiger partial charge in [-0.25, -0.2) is 0 Å². The summed E-state index contributed by atoms with van der Waals surface area (Å²) in [6, 6.07) is 31.0. The number of rotatable bonds is 2. The van der Waals surface area contributed by atoms with Gasteiger partial charge in [0.25, 0.3) is 0 Å². The van der Waals surface area contributed by atoms with E-state index in [-0.39, 0.29) is 21.7 Å². The summed E-state index contributed by atoms with van der Waals surface area (Å²) < 4.78 is 17.7. The first-order valence-electron chi connectivity index (χ1n) is 15.7. The Morgan fingerprint density at radius 1 is 0.419 bits per heavy atom. The second-order valence-electron chi connectivity index (χ2n) is 16.4. The molecule has 43 heavy (non-hydrogen) atoms. The van der Waals surface area contributed by atoms with Gasteiger partial charge in [-0.2, -0.15) is 0 Å². The third-order valence-electron chi connectivity index (χ3n) is 8.62. The Hall–Kier alpha value is -2.98. The Morgan fingerprint density at radius 2 is 0.744 bits per heavy atom. The molecule has 2 nitrogen and oxygen atoms in total. The molecular weight excluding hydrogens is 585 g/mol. The van der Waals surface area contributed by atoms with Gasteiger partial charge in [-0.15, -0.1) is 0 Å². The van der Waals surface area contributed by atoms with E-state index in [0.717, 1.165) is 31.4 Å². The molecule has 0 amide bonds. The minimum absolute atomic E-state index is 0.0335. The van der Waals surface area contributed by atoms with Crippen LogP contribution in [0.5, 0.6) is 11.5 Å². The van der Waals surface area contributed by atoms with Crippen molar-refractivity contribution in [3.8, 4) is 22.6 Å². The van der Waals surface area contributed by atoms with Crippen molar-refractivity contribution in [1.29, 1.82) is 0 Å². The van der Waals surface area contributed by atoms with E-state index in [2.05, 4.69) is 168 Å². The number of hydrogen-bond donors (Lipinski definition) is 0. The second-order valence-corrected chi connectivity index (χ2v) is 22.2. The summed E-state index contributed by atoms with van der Waals surface area (Å²) in [4.78, 5) is 0. The van der Waals surface area contributed by atoms with Gasteiger partial charge < -0.3 is 0 Å². The van der Waals surface area contributed by atoms with Crippen molar-refractivity contribution in [3.05, 3.63) is 107 Å². The zero-order valence-corrected chi connectivity index (χ0v) is 30.5. The van der Waals surface area contributed by atoms with Gasteiger partial charge in [-0.3, -0.25) is 0 Å². The van der Waals surface area contributed by atoms with Crippen LogP contribution in [0.1, 0.15) is 105 Å². The quantitative estimate of drug-likeness (QED) is 0.204. The summed E-state index contributed by atoms with van der Waals surface area (Å²) >= 11 is -4.08. The Kier molecular flexibility index (Phi) is 7.74. The molecule has 0 fully saturated rings. The van der Waals surface area contributed by atoms with Crippen LogP contribution in [0.2, 0.25) is 0 Å². The van der Waals surface area contributed by atoms with Gasteiger partial charge in [0.15, 0.2) is 0 Å². The van der Waals surface area contributed by atoms with Crippen molar-refractivity contribution in [2.75, 3.05) is 0 Å². The average Bonchev–Trinajstić information content (AvgIpc) is 3.06. The summed E-state index contributed by atoms with van der Waals surface area (Å²) in [5, 5.41) is 0. The molecule has 0 saturated heterocycles. The van der Waals surface area contributed by atoms with Crippen molar-refractivity contribution in [1.82, 2.24) is 0 Å². The summed E-state index contributed by atoms with van der Waals surface area (Å²) in [7, 11) is 0. The van der Waals surface area contributed by atoms with Crippen LogP contribution in [0.3, 0.4) is 0 Å². The molecule has 5 rings (SSSR count). The van der Waals surface area contributed by atoms with Gasteiger partial charge in [0.05, 0.1) is 0 Å². The number of fused-ring (bicyclic) bond motifs is 3. The monoisotopic (exact) mass is 636 g/mol. The molecule has 0 saturated carbocycles. The summed E-state index contributed by atoms with van der Waals surface area (Å²) in [6.45, 7) is 27.6. The predicted octanol–water partition coefficient (Wildman–Crippen LogP) is 9.57. The molecule has 0 N–H and O–H groups in total. The molecule has 1 aliphatic rings. The fourth-order valence-electron chi connectivity index (χ4n) is 5.88. The fraction of sp³-hybridized carbons (Fsp3) is 0.400. The number of benzene rings is 4. The van der Waals surface area contributed by atoms with Crippen LogP contribution in [-0.4, -0.2) is 13.9 Å². The van der Waals surface area contributed by atoms with Gasteiger partial charge in [-0.1, -0.05) is 0 Å². The molecule has 0 unspecified atom stereocenters. The SMILES string of the molecule is CC(C)(C)c1cc2c(c(C(C)(C)C)c1)[O][Ge]([c]1ccccc1)([c]1ccccc1)[O]c1c-2cc(C(C)(C)C)cc1C(C)(C)C. The fourth-order valence-corrected chi connectivity index (χ4v) is 12.4. The second kappa shape index (κ2) is 10.6. The van der Waals surface area contributed by atoms with Crippen molar-refractivity contribution >= 4 is 22.7 Å². The topological polar surface area (TPSA) is 18.5 Å². The molecule has 1 aliphatic heterocycles. The molecule has 226 valence electrons. The molecular formula is C40H50GeO2. The van der Waals surface area contributed by atoms with Crippen molar-refractivity contribution < 1.29 is 7.53 Å². The third-order valence-corrected chi connectivity index (χ3v) is 15.3. The molecule has 3 heteroatoms. The first-order valence-corrected chi connectivity index (χ1v) is 19.5. The minimum atomic E-state index is -4.08. The molecule has 0 radical (unpaired) electrons. The Balaban J connectivity index is 2.04. The van der Waals surface area contributed by atoms with Crippen LogP contribution in [0, 0.1) is 0 Å². The van der Waals surface area contributed by atoms with Crippen LogP contribution in [-0.2, 0) is 21.7 Å². The van der Waals surface area contributed by atoms with E-state index < -0.39 is 13.9 Å². The summed E-state index contributed by atoms with van der Waals surface area (Å²) in [6.07, 6.45) is 0. The third kappa shape index (κ3) is 5.92. The van der Waals surface area contributed by atoms with E-state index in [4.69, 9.17) is 7.53 Å². The molecule has 4 aromatic rings. The zero-order chi connectivity index (χ0) is 31.6.